The minimum atomic E-state index is -0.721. The van der Waals surface area contributed by atoms with E-state index in [9.17, 15) is 9.90 Å². The van der Waals surface area contributed by atoms with Gasteiger partial charge >= 0.3 is 5.97 Å². The average Bonchev–Trinajstić information content (AvgIpc) is 3.56. The summed E-state index contributed by atoms with van der Waals surface area (Å²) in [6.45, 7) is 7.64. The zero-order chi connectivity index (χ0) is 27.2. The molecule has 2 N–H and O–H groups in total. The van der Waals surface area contributed by atoms with Crippen LogP contribution >= 0.6 is 0 Å². The zero-order valence-corrected chi connectivity index (χ0v) is 23.5. The van der Waals surface area contributed by atoms with Crippen LogP contribution in [0.3, 0.4) is 0 Å². The molecule has 1 aliphatic carbocycles. The van der Waals surface area contributed by atoms with Crippen molar-refractivity contribution >= 4 is 17.0 Å². The Bertz CT molecular complexity index is 1190. The number of hydrogen-bond donors (Lipinski definition) is 2. The van der Waals surface area contributed by atoms with Gasteiger partial charge in [-0.15, -0.1) is 0 Å². The first kappa shape index (κ1) is 27.8. The van der Waals surface area contributed by atoms with Crippen LogP contribution < -0.4 is 5.32 Å². The highest BCUT2D eigenvalue weighted by molar-refractivity contribution is 5.74. The SMILES string of the molecule is CC(C)C[C@@H](NC1CC(CN2CCC(CCCc3ccc4nonc4c3)CC2)C(c2ccccc2)C1)C(=O)O. The fraction of sp³-hybridized carbons (Fsp3) is 0.594. The third kappa shape index (κ3) is 7.46. The molecule has 1 saturated heterocycles. The number of fused-ring (bicyclic) bond motifs is 1. The third-order valence-corrected chi connectivity index (χ3v) is 8.96. The number of carboxylic acids is 1. The average molecular weight is 533 g/mol. The van der Waals surface area contributed by atoms with Gasteiger partial charge in [0.25, 0.3) is 0 Å². The molecule has 0 bridgehead atoms. The van der Waals surface area contributed by atoms with Crippen molar-refractivity contribution in [3.8, 4) is 0 Å². The minimum absolute atomic E-state index is 0.254. The Morgan fingerprint density at radius 3 is 2.59 bits per heavy atom. The van der Waals surface area contributed by atoms with E-state index < -0.39 is 12.0 Å². The molecule has 1 aromatic heterocycles. The highest BCUT2D eigenvalue weighted by Crippen LogP contribution is 2.41. The molecule has 39 heavy (non-hydrogen) atoms. The first-order valence-electron chi connectivity index (χ1n) is 14.9. The van der Waals surface area contributed by atoms with E-state index in [1.807, 2.05) is 6.07 Å². The molecule has 7 heteroatoms. The lowest BCUT2D eigenvalue weighted by Gasteiger charge is -2.35. The van der Waals surface area contributed by atoms with Crippen LogP contribution in [0.5, 0.6) is 0 Å². The second-order valence-electron chi connectivity index (χ2n) is 12.4. The largest absolute Gasteiger partial charge is 0.480 e. The van der Waals surface area contributed by atoms with Crippen LogP contribution in [0.15, 0.2) is 53.2 Å². The maximum Gasteiger partial charge on any atom is 0.320 e. The number of nitrogens with zero attached hydrogens (tertiary/aromatic N) is 3. The molecule has 2 aromatic carbocycles. The van der Waals surface area contributed by atoms with E-state index in [4.69, 9.17) is 4.63 Å². The molecule has 3 aromatic rings. The van der Waals surface area contributed by atoms with Gasteiger partial charge in [0.1, 0.15) is 17.1 Å². The number of benzene rings is 2. The Hall–Kier alpha value is -2.77. The Balaban J connectivity index is 1.12. The number of piperidine rings is 1. The summed E-state index contributed by atoms with van der Waals surface area (Å²) in [4.78, 5) is 14.6. The fourth-order valence-electron chi connectivity index (χ4n) is 6.93. The summed E-state index contributed by atoms with van der Waals surface area (Å²) in [5.41, 5.74) is 4.38. The molecule has 2 aliphatic rings. The number of aryl methyl sites for hydroxylation is 1. The van der Waals surface area contributed by atoms with Crippen molar-refractivity contribution in [2.75, 3.05) is 19.6 Å². The van der Waals surface area contributed by atoms with Crippen LogP contribution in [0.1, 0.15) is 75.8 Å². The molecule has 0 amide bonds. The van der Waals surface area contributed by atoms with Crippen molar-refractivity contribution in [3.63, 3.8) is 0 Å². The number of aromatic nitrogens is 2. The Labute approximate surface area is 232 Å². The van der Waals surface area contributed by atoms with Gasteiger partial charge in [0.2, 0.25) is 0 Å². The van der Waals surface area contributed by atoms with Gasteiger partial charge in [-0.1, -0.05) is 56.7 Å². The lowest BCUT2D eigenvalue weighted by molar-refractivity contribution is -0.140. The molecule has 5 rings (SSSR count). The summed E-state index contributed by atoms with van der Waals surface area (Å²) >= 11 is 0. The maximum atomic E-state index is 11.9. The van der Waals surface area contributed by atoms with E-state index in [1.165, 1.54) is 49.9 Å². The lowest BCUT2D eigenvalue weighted by atomic mass is 9.87. The number of carboxylic acid groups (broad SMARTS) is 1. The number of aliphatic carboxylic acids is 1. The van der Waals surface area contributed by atoms with E-state index in [-0.39, 0.29) is 6.04 Å². The van der Waals surface area contributed by atoms with Crippen molar-refractivity contribution in [1.29, 1.82) is 0 Å². The van der Waals surface area contributed by atoms with Crippen LogP contribution in [-0.4, -0.2) is 58.0 Å². The Kier molecular flexibility index (Phi) is 9.30. The summed E-state index contributed by atoms with van der Waals surface area (Å²) in [5, 5.41) is 21.2. The summed E-state index contributed by atoms with van der Waals surface area (Å²) < 4.78 is 4.82. The van der Waals surface area contributed by atoms with Gasteiger partial charge in [0.05, 0.1) is 0 Å². The molecule has 7 nitrogen and oxygen atoms in total. The second-order valence-corrected chi connectivity index (χ2v) is 12.4. The van der Waals surface area contributed by atoms with E-state index in [2.05, 4.69) is 76.8 Å². The topological polar surface area (TPSA) is 91.5 Å². The number of rotatable bonds is 12. The van der Waals surface area contributed by atoms with Crippen LogP contribution in [0.25, 0.3) is 11.0 Å². The summed E-state index contributed by atoms with van der Waals surface area (Å²) in [7, 11) is 0. The van der Waals surface area contributed by atoms with Crippen molar-refractivity contribution in [3.05, 3.63) is 59.7 Å². The molecule has 0 spiro atoms. The maximum absolute atomic E-state index is 11.9. The zero-order valence-electron chi connectivity index (χ0n) is 23.5. The molecule has 1 saturated carbocycles. The van der Waals surface area contributed by atoms with E-state index in [1.54, 1.807) is 0 Å². The number of nitrogens with one attached hydrogen (secondary N) is 1. The van der Waals surface area contributed by atoms with Gasteiger partial charge < -0.3 is 15.3 Å². The van der Waals surface area contributed by atoms with E-state index in [0.29, 0.717) is 24.2 Å². The van der Waals surface area contributed by atoms with Crippen molar-refractivity contribution in [2.45, 2.75) is 83.2 Å². The summed E-state index contributed by atoms with van der Waals surface area (Å²) in [6, 6.07) is 16.9. The van der Waals surface area contributed by atoms with Crippen LogP contribution in [0.2, 0.25) is 0 Å². The molecular formula is C32H44N4O3. The second kappa shape index (κ2) is 13.1. The molecule has 2 heterocycles. The van der Waals surface area contributed by atoms with Crippen LogP contribution in [0, 0.1) is 17.8 Å². The first-order valence-corrected chi connectivity index (χ1v) is 14.9. The molecule has 210 valence electrons. The highest BCUT2D eigenvalue weighted by atomic mass is 16.6. The quantitative estimate of drug-likeness (QED) is 0.300. The summed E-state index contributed by atoms with van der Waals surface area (Å²) in [6.07, 6.45) is 8.83. The predicted octanol–water partition coefficient (Wildman–Crippen LogP) is 5.91. The van der Waals surface area contributed by atoms with Gasteiger partial charge in [-0.05, 0) is 115 Å². The Morgan fingerprint density at radius 2 is 1.85 bits per heavy atom. The number of carbonyl (C=O) groups is 1. The molecule has 3 unspecified atom stereocenters. The standard InChI is InChI=1S/C32H44N4O3/c1-22(2)17-31(32(37)38)33-27-19-26(28(20-27)25-9-4-3-5-10-25)21-36-15-13-23(14-16-36)7-6-8-24-11-12-29-30(18-24)35-39-34-29/h3-5,9-12,18,22-23,26-28,31,33H,6-8,13-17,19-21H2,1-2H3,(H,37,38)/t26?,27?,28?,31-/m1/s1. The molecule has 1 aliphatic heterocycles. The molecule has 2 fully saturated rings. The monoisotopic (exact) mass is 532 g/mol. The molecule has 4 atom stereocenters. The lowest BCUT2D eigenvalue weighted by Crippen LogP contribution is -2.43. The first-order chi connectivity index (χ1) is 18.9. The van der Waals surface area contributed by atoms with Gasteiger partial charge in [-0.3, -0.25) is 4.79 Å². The van der Waals surface area contributed by atoms with E-state index >= 15 is 0 Å². The van der Waals surface area contributed by atoms with Crippen molar-refractivity contribution in [2.24, 2.45) is 17.8 Å². The van der Waals surface area contributed by atoms with Crippen molar-refractivity contribution < 1.29 is 14.5 Å². The van der Waals surface area contributed by atoms with Gasteiger partial charge in [-0.2, -0.15) is 0 Å². The Morgan fingerprint density at radius 1 is 1.08 bits per heavy atom. The molecular weight excluding hydrogens is 488 g/mol. The van der Waals surface area contributed by atoms with Gasteiger partial charge in [0.15, 0.2) is 0 Å². The number of likely N-dealkylation sites (tertiary alicyclic amines) is 1. The third-order valence-electron chi connectivity index (χ3n) is 8.96. The fourth-order valence-corrected chi connectivity index (χ4v) is 6.93. The minimum Gasteiger partial charge on any atom is -0.480 e. The van der Waals surface area contributed by atoms with Crippen LogP contribution in [0.4, 0.5) is 0 Å². The van der Waals surface area contributed by atoms with Crippen LogP contribution in [-0.2, 0) is 11.2 Å². The number of hydrogen-bond acceptors (Lipinski definition) is 6. The normalized spacial score (nSPS) is 23.5. The van der Waals surface area contributed by atoms with E-state index in [0.717, 1.165) is 42.8 Å². The van der Waals surface area contributed by atoms with Gasteiger partial charge in [0, 0.05) is 12.6 Å². The van der Waals surface area contributed by atoms with Crippen molar-refractivity contribution in [1.82, 2.24) is 20.5 Å². The summed E-state index contributed by atoms with van der Waals surface area (Å²) in [5.74, 6) is 1.47. The van der Waals surface area contributed by atoms with Gasteiger partial charge in [-0.25, -0.2) is 4.63 Å². The highest BCUT2D eigenvalue weighted by Gasteiger charge is 2.38. The molecule has 0 radical (unpaired) electrons. The predicted molar refractivity (Wildman–Crippen MR) is 154 cm³/mol. The smallest absolute Gasteiger partial charge is 0.320 e.